The monoisotopic (exact) mass is 417 g/mol. The second-order valence-corrected chi connectivity index (χ2v) is 7.60. The number of aromatic nitrogens is 2. The van der Waals surface area contributed by atoms with Gasteiger partial charge in [0.1, 0.15) is 5.54 Å². The number of carbonyl (C=O) groups is 2. The predicted octanol–water partition coefficient (Wildman–Crippen LogP) is 1.82. The standard InChI is InChI=1S/C21H27N5O2.ClH/c27-19-7-3-13-25(19)16-18-6-2-1-5-17(18)15-23-20(28)21(8-11-22-12-9-21)26-14-4-10-24-26;/h1-2,4-6,10,14,22H,3,7-9,11-13,15-16H2,(H,23,28);1H. The minimum atomic E-state index is -0.644. The number of nitrogens with zero attached hydrogens (tertiary/aromatic N) is 3. The molecule has 0 radical (unpaired) electrons. The number of benzene rings is 1. The Bertz CT molecular complexity index is 833. The lowest BCUT2D eigenvalue weighted by Gasteiger charge is -2.36. The van der Waals surface area contributed by atoms with Gasteiger partial charge in [0.2, 0.25) is 11.8 Å². The first-order valence-corrected chi connectivity index (χ1v) is 10.0. The van der Waals surface area contributed by atoms with Crippen LogP contribution in [0, 0.1) is 0 Å². The number of rotatable bonds is 6. The van der Waals surface area contributed by atoms with Crippen molar-refractivity contribution < 1.29 is 9.59 Å². The topological polar surface area (TPSA) is 79.3 Å². The van der Waals surface area contributed by atoms with Crippen LogP contribution in [-0.2, 0) is 28.2 Å². The molecule has 0 bridgehead atoms. The SMILES string of the molecule is Cl.O=C1CCCN1Cc1ccccc1CNC(=O)C1(n2cccn2)CCNCC1. The summed E-state index contributed by atoms with van der Waals surface area (Å²) in [6.07, 6.45) is 6.59. The fourth-order valence-electron chi connectivity index (χ4n) is 4.22. The molecule has 0 spiro atoms. The highest BCUT2D eigenvalue weighted by Gasteiger charge is 2.41. The van der Waals surface area contributed by atoms with Crippen molar-refractivity contribution in [2.75, 3.05) is 19.6 Å². The van der Waals surface area contributed by atoms with Crippen molar-refractivity contribution in [2.24, 2.45) is 0 Å². The summed E-state index contributed by atoms with van der Waals surface area (Å²) >= 11 is 0. The zero-order valence-electron chi connectivity index (χ0n) is 16.5. The Labute approximate surface area is 177 Å². The van der Waals surface area contributed by atoms with Gasteiger partial charge in [0.15, 0.2) is 0 Å². The zero-order chi connectivity index (χ0) is 19.4. The third-order valence-electron chi connectivity index (χ3n) is 5.89. The summed E-state index contributed by atoms with van der Waals surface area (Å²) in [5.74, 6) is 0.218. The number of amides is 2. The van der Waals surface area contributed by atoms with Crippen LogP contribution in [0.2, 0.25) is 0 Å². The molecule has 3 heterocycles. The maximum atomic E-state index is 13.2. The fourth-order valence-corrected chi connectivity index (χ4v) is 4.22. The summed E-state index contributed by atoms with van der Waals surface area (Å²) in [5, 5.41) is 10.8. The van der Waals surface area contributed by atoms with E-state index in [9.17, 15) is 9.59 Å². The minimum Gasteiger partial charge on any atom is -0.350 e. The van der Waals surface area contributed by atoms with Crippen molar-refractivity contribution in [3.63, 3.8) is 0 Å². The maximum absolute atomic E-state index is 13.2. The van der Waals surface area contributed by atoms with Crippen molar-refractivity contribution in [2.45, 2.75) is 44.3 Å². The Morgan fingerprint density at radius 3 is 2.59 bits per heavy atom. The summed E-state index contributed by atoms with van der Waals surface area (Å²) in [5.41, 5.74) is 1.51. The van der Waals surface area contributed by atoms with Crippen LogP contribution in [0.3, 0.4) is 0 Å². The summed E-state index contributed by atoms with van der Waals surface area (Å²) < 4.78 is 1.80. The summed E-state index contributed by atoms with van der Waals surface area (Å²) in [6, 6.07) is 9.89. The van der Waals surface area contributed by atoms with Gasteiger partial charge in [-0.3, -0.25) is 14.3 Å². The van der Waals surface area contributed by atoms with Crippen LogP contribution in [0.4, 0.5) is 0 Å². The van der Waals surface area contributed by atoms with Gasteiger partial charge in [-0.25, -0.2) is 0 Å². The maximum Gasteiger partial charge on any atom is 0.248 e. The highest BCUT2D eigenvalue weighted by molar-refractivity contribution is 5.85. The van der Waals surface area contributed by atoms with E-state index in [1.807, 2.05) is 41.4 Å². The van der Waals surface area contributed by atoms with Crippen molar-refractivity contribution in [1.82, 2.24) is 25.3 Å². The van der Waals surface area contributed by atoms with Gasteiger partial charge in [0, 0.05) is 38.4 Å². The number of carbonyl (C=O) groups excluding carboxylic acids is 2. The Kier molecular flexibility index (Phi) is 6.92. The number of hydrogen-bond donors (Lipinski definition) is 2. The lowest BCUT2D eigenvalue weighted by Crippen LogP contribution is -2.54. The van der Waals surface area contributed by atoms with E-state index in [1.54, 1.807) is 10.9 Å². The normalized spacial score (nSPS) is 18.3. The molecule has 156 valence electrons. The van der Waals surface area contributed by atoms with E-state index < -0.39 is 5.54 Å². The van der Waals surface area contributed by atoms with E-state index >= 15 is 0 Å². The molecule has 7 nitrogen and oxygen atoms in total. The van der Waals surface area contributed by atoms with Crippen LogP contribution in [0.25, 0.3) is 0 Å². The molecular formula is C21H28ClN5O2. The van der Waals surface area contributed by atoms with Crippen LogP contribution in [0.5, 0.6) is 0 Å². The smallest absolute Gasteiger partial charge is 0.248 e. The van der Waals surface area contributed by atoms with Crippen LogP contribution in [0.1, 0.15) is 36.8 Å². The molecule has 29 heavy (non-hydrogen) atoms. The molecule has 1 aromatic heterocycles. The largest absolute Gasteiger partial charge is 0.350 e. The second-order valence-electron chi connectivity index (χ2n) is 7.60. The molecular weight excluding hydrogens is 390 g/mol. The molecule has 2 aromatic rings. The van der Waals surface area contributed by atoms with Crippen LogP contribution >= 0.6 is 12.4 Å². The summed E-state index contributed by atoms with van der Waals surface area (Å²) in [6.45, 7) is 3.46. The van der Waals surface area contributed by atoms with E-state index in [2.05, 4.69) is 15.7 Å². The second kappa shape index (κ2) is 9.41. The van der Waals surface area contributed by atoms with Gasteiger partial charge in [0.25, 0.3) is 0 Å². The van der Waals surface area contributed by atoms with E-state index in [0.29, 0.717) is 32.4 Å². The third kappa shape index (κ3) is 4.46. The van der Waals surface area contributed by atoms with E-state index in [-0.39, 0.29) is 24.2 Å². The molecule has 2 amide bonds. The summed E-state index contributed by atoms with van der Waals surface area (Å²) in [4.78, 5) is 27.1. The van der Waals surface area contributed by atoms with Crippen LogP contribution < -0.4 is 10.6 Å². The number of piperidine rings is 1. The molecule has 8 heteroatoms. The summed E-state index contributed by atoms with van der Waals surface area (Å²) in [7, 11) is 0. The van der Waals surface area contributed by atoms with Gasteiger partial charge in [0.05, 0.1) is 0 Å². The molecule has 0 saturated carbocycles. The Morgan fingerprint density at radius 2 is 1.93 bits per heavy atom. The van der Waals surface area contributed by atoms with Gasteiger partial charge in [-0.05, 0) is 49.5 Å². The lowest BCUT2D eigenvalue weighted by atomic mass is 9.87. The Hall–Kier alpha value is -2.38. The van der Waals surface area contributed by atoms with Gasteiger partial charge < -0.3 is 15.5 Å². The Morgan fingerprint density at radius 1 is 1.17 bits per heavy atom. The Balaban J connectivity index is 0.00000240. The average Bonchev–Trinajstić information content (AvgIpc) is 3.40. The molecule has 2 aliphatic heterocycles. The van der Waals surface area contributed by atoms with Crippen LogP contribution in [0.15, 0.2) is 42.7 Å². The van der Waals surface area contributed by atoms with E-state index in [4.69, 9.17) is 0 Å². The van der Waals surface area contributed by atoms with Crippen LogP contribution in [-0.4, -0.2) is 46.1 Å². The molecule has 0 aliphatic carbocycles. The average molecular weight is 418 g/mol. The van der Waals surface area contributed by atoms with Gasteiger partial charge in [-0.15, -0.1) is 12.4 Å². The lowest BCUT2D eigenvalue weighted by molar-refractivity contribution is -0.132. The molecule has 4 rings (SSSR count). The first-order valence-electron chi connectivity index (χ1n) is 10.0. The molecule has 0 atom stereocenters. The zero-order valence-corrected chi connectivity index (χ0v) is 17.3. The quantitative estimate of drug-likeness (QED) is 0.751. The number of hydrogen-bond acceptors (Lipinski definition) is 4. The van der Waals surface area contributed by atoms with Gasteiger partial charge in [-0.1, -0.05) is 24.3 Å². The minimum absolute atomic E-state index is 0. The van der Waals surface area contributed by atoms with Crippen molar-refractivity contribution in [3.8, 4) is 0 Å². The highest BCUT2D eigenvalue weighted by atomic mass is 35.5. The molecule has 2 fully saturated rings. The molecule has 0 unspecified atom stereocenters. The van der Waals surface area contributed by atoms with E-state index in [1.165, 1.54) is 0 Å². The fraction of sp³-hybridized carbons (Fsp3) is 0.476. The number of likely N-dealkylation sites (tertiary alicyclic amines) is 1. The highest BCUT2D eigenvalue weighted by Crippen LogP contribution is 2.27. The van der Waals surface area contributed by atoms with Gasteiger partial charge >= 0.3 is 0 Å². The molecule has 2 N–H and O–H groups in total. The van der Waals surface area contributed by atoms with Crippen molar-refractivity contribution in [1.29, 1.82) is 0 Å². The predicted molar refractivity (Wildman–Crippen MR) is 112 cm³/mol. The van der Waals surface area contributed by atoms with Gasteiger partial charge in [-0.2, -0.15) is 5.10 Å². The first-order chi connectivity index (χ1) is 13.7. The molecule has 2 saturated heterocycles. The molecule has 1 aromatic carbocycles. The van der Waals surface area contributed by atoms with Crippen molar-refractivity contribution in [3.05, 3.63) is 53.9 Å². The van der Waals surface area contributed by atoms with Crippen molar-refractivity contribution >= 4 is 24.2 Å². The number of nitrogens with one attached hydrogen (secondary N) is 2. The van der Waals surface area contributed by atoms with E-state index in [0.717, 1.165) is 37.2 Å². The first kappa shape index (κ1) is 21.3. The number of halogens is 1. The molecule has 2 aliphatic rings. The third-order valence-corrected chi connectivity index (χ3v) is 5.89.